The highest BCUT2D eigenvalue weighted by atomic mass is 16.6. The number of Topliss-reactive ketones (excluding diaryl/α,β-unsaturated/α-hetero) is 1. The first-order valence-electron chi connectivity index (χ1n) is 13.3. The second kappa shape index (κ2) is 14.0. The van der Waals surface area contributed by atoms with E-state index in [0.717, 1.165) is 5.56 Å². The van der Waals surface area contributed by atoms with Crippen molar-refractivity contribution in [3.8, 4) is 0 Å². The van der Waals surface area contributed by atoms with Crippen LogP contribution in [0.2, 0.25) is 0 Å². The Morgan fingerprint density at radius 3 is 2.05 bits per heavy atom. The third kappa shape index (κ3) is 9.81. The molecule has 1 unspecified atom stereocenters. The highest BCUT2D eigenvalue weighted by Crippen LogP contribution is 2.29. The lowest BCUT2D eigenvalue weighted by Gasteiger charge is -2.31. The topological polar surface area (TPSA) is 140 Å². The Morgan fingerprint density at radius 1 is 0.946 bits per heavy atom. The third-order valence-corrected chi connectivity index (χ3v) is 6.53. The molecule has 1 aromatic rings. The van der Waals surface area contributed by atoms with Crippen molar-refractivity contribution < 1.29 is 29.3 Å². The van der Waals surface area contributed by atoms with Crippen LogP contribution in [0.15, 0.2) is 30.3 Å². The predicted molar refractivity (Wildman–Crippen MR) is 142 cm³/mol. The van der Waals surface area contributed by atoms with Gasteiger partial charge in [0.1, 0.15) is 17.9 Å². The molecular formula is C28H45N3O6. The summed E-state index contributed by atoms with van der Waals surface area (Å²) in [7, 11) is 0. The lowest BCUT2D eigenvalue weighted by Crippen LogP contribution is -2.59. The number of nitrogens with one attached hydrogen (secondary N) is 3. The van der Waals surface area contributed by atoms with Crippen LogP contribution in [0.3, 0.4) is 0 Å². The Kier molecular flexibility index (Phi) is 11.7. The highest BCUT2D eigenvalue weighted by molar-refractivity contribution is 5.97. The summed E-state index contributed by atoms with van der Waals surface area (Å²) in [5.41, 5.74) is -0.000936. The molecule has 1 fully saturated rings. The number of ether oxygens (including phenoxy) is 1. The molecule has 1 aromatic carbocycles. The summed E-state index contributed by atoms with van der Waals surface area (Å²) in [5, 5.41) is 29.6. The molecular weight excluding hydrogens is 474 g/mol. The minimum absolute atomic E-state index is 0.134. The summed E-state index contributed by atoms with van der Waals surface area (Å²) in [4.78, 5) is 39.0. The zero-order chi connectivity index (χ0) is 27.8. The molecule has 5 N–H and O–H groups in total. The fourth-order valence-electron chi connectivity index (χ4n) is 4.23. The fourth-order valence-corrected chi connectivity index (χ4v) is 4.23. The van der Waals surface area contributed by atoms with E-state index in [2.05, 4.69) is 16.0 Å². The Hall–Kier alpha value is -2.33. The number of benzene rings is 1. The molecule has 0 saturated carbocycles. The first kappa shape index (κ1) is 30.9. The van der Waals surface area contributed by atoms with Crippen molar-refractivity contribution in [1.82, 2.24) is 16.0 Å². The van der Waals surface area contributed by atoms with Gasteiger partial charge in [-0.1, -0.05) is 65.0 Å². The summed E-state index contributed by atoms with van der Waals surface area (Å²) in [5.74, 6) is -0.854. The van der Waals surface area contributed by atoms with Gasteiger partial charge in [-0.3, -0.25) is 19.7 Å². The zero-order valence-electron chi connectivity index (χ0n) is 23.0. The molecule has 1 saturated heterocycles. The monoisotopic (exact) mass is 519 g/mol. The first-order valence-corrected chi connectivity index (χ1v) is 13.3. The number of carbonyl (C=O) groups excluding carboxylic acids is 3. The number of hydrogen-bond donors (Lipinski definition) is 5. The van der Waals surface area contributed by atoms with Crippen LogP contribution in [-0.4, -0.2) is 70.5 Å². The van der Waals surface area contributed by atoms with E-state index in [0.29, 0.717) is 19.4 Å². The second-order valence-electron chi connectivity index (χ2n) is 11.1. The van der Waals surface area contributed by atoms with Crippen LogP contribution in [0.4, 0.5) is 0 Å². The molecule has 9 nitrogen and oxygen atoms in total. The number of rotatable bonds is 16. The van der Waals surface area contributed by atoms with Gasteiger partial charge in [-0.2, -0.15) is 0 Å². The lowest BCUT2D eigenvalue weighted by atomic mass is 9.93. The van der Waals surface area contributed by atoms with Gasteiger partial charge in [-0.15, -0.1) is 0 Å². The van der Waals surface area contributed by atoms with Crippen molar-refractivity contribution in [3.63, 3.8) is 0 Å². The van der Waals surface area contributed by atoms with E-state index >= 15 is 0 Å². The molecule has 0 aromatic heterocycles. The number of hydrogen-bond acceptors (Lipinski definition) is 7. The van der Waals surface area contributed by atoms with Crippen molar-refractivity contribution in [1.29, 1.82) is 0 Å². The van der Waals surface area contributed by atoms with E-state index in [4.69, 9.17) is 4.74 Å². The van der Waals surface area contributed by atoms with Gasteiger partial charge in [0.25, 0.3) is 0 Å². The van der Waals surface area contributed by atoms with E-state index in [1.54, 1.807) is 13.8 Å². The quantitative estimate of drug-likeness (QED) is 0.165. The minimum Gasteiger partial charge on any atom is -0.383 e. The summed E-state index contributed by atoms with van der Waals surface area (Å²) in [6, 6.07) is 7.05. The summed E-state index contributed by atoms with van der Waals surface area (Å²) < 4.78 is 5.34. The molecule has 0 bridgehead atoms. The molecule has 6 atom stereocenters. The predicted octanol–water partition coefficient (Wildman–Crippen LogP) is 1.70. The molecule has 9 heteroatoms. The van der Waals surface area contributed by atoms with Crippen molar-refractivity contribution in [2.75, 3.05) is 6.61 Å². The van der Waals surface area contributed by atoms with Crippen LogP contribution in [0, 0.1) is 11.8 Å². The van der Waals surface area contributed by atoms with Crippen LogP contribution >= 0.6 is 0 Å². The Balaban J connectivity index is 2.25. The van der Waals surface area contributed by atoms with Gasteiger partial charge < -0.3 is 25.6 Å². The number of ketones is 1. The van der Waals surface area contributed by atoms with Gasteiger partial charge >= 0.3 is 0 Å². The lowest BCUT2D eigenvalue weighted by molar-refractivity contribution is -0.133. The maximum atomic E-state index is 13.5. The average Bonchev–Trinajstić information content (AvgIpc) is 3.60. The summed E-state index contributed by atoms with van der Waals surface area (Å²) >= 11 is 0. The Morgan fingerprint density at radius 2 is 1.54 bits per heavy atom. The standard InChI is InChI=1S/C28H45N3O6/c1-7-23(32)27(36)31-21(14-18(4)5)25(34)30-22(15-19-11-9-8-10-12-19)26(35)29-20(13-17(2)3)24(33)28(6)16-37-28/h8-12,17-18,20-23,25,30,32,34H,7,13-16H2,1-6H3,(H,29,35)(H,31,36)/t20-,21-,22-,23-,25?,28+/m0/s1. The molecule has 0 spiro atoms. The molecule has 2 amide bonds. The van der Waals surface area contributed by atoms with Crippen molar-refractivity contribution in [2.45, 2.75) is 103 Å². The average molecular weight is 520 g/mol. The minimum atomic E-state index is -1.27. The van der Waals surface area contributed by atoms with Crippen LogP contribution in [0.5, 0.6) is 0 Å². The first-order chi connectivity index (χ1) is 17.4. The Labute approximate surface area is 220 Å². The van der Waals surface area contributed by atoms with E-state index in [-0.39, 0.29) is 30.5 Å². The maximum absolute atomic E-state index is 13.5. The van der Waals surface area contributed by atoms with Gasteiger partial charge in [0.05, 0.1) is 24.7 Å². The van der Waals surface area contributed by atoms with Gasteiger partial charge in [0, 0.05) is 0 Å². The summed E-state index contributed by atoms with van der Waals surface area (Å²) in [6.45, 7) is 11.6. The van der Waals surface area contributed by atoms with Crippen LogP contribution in [-0.2, 0) is 25.5 Å². The smallest absolute Gasteiger partial charge is 0.249 e. The molecule has 1 heterocycles. The largest absolute Gasteiger partial charge is 0.383 e. The van der Waals surface area contributed by atoms with E-state index < -0.39 is 47.9 Å². The molecule has 2 rings (SSSR count). The zero-order valence-corrected chi connectivity index (χ0v) is 23.0. The van der Waals surface area contributed by atoms with Crippen molar-refractivity contribution >= 4 is 17.6 Å². The second-order valence-corrected chi connectivity index (χ2v) is 11.1. The Bertz CT molecular complexity index is 887. The highest BCUT2D eigenvalue weighted by Gasteiger charge is 2.50. The van der Waals surface area contributed by atoms with Crippen LogP contribution < -0.4 is 16.0 Å². The number of aliphatic hydroxyl groups excluding tert-OH is 2. The van der Waals surface area contributed by atoms with Crippen molar-refractivity contribution in [3.05, 3.63) is 35.9 Å². The molecule has 1 aliphatic rings. The van der Waals surface area contributed by atoms with Gasteiger partial charge in [-0.05, 0) is 50.0 Å². The van der Waals surface area contributed by atoms with Crippen molar-refractivity contribution in [2.24, 2.45) is 11.8 Å². The van der Waals surface area contributed by atoms with E-state index in [1.807, 2.05) is 58.0 Å². The number of epoxide rings is 1. The van der Waals surface area contributed by atoms with Crippen LogP contribution in [0.1, 0.15) is 66.4 Å². The number of carbonyl (C=O) groups is 3. The SMILES string of the molecule is CC[C@H](O)C(=O)N[C@@H](CC(C)C)C(O)N[C@@H](Cc1ccccc1)C(=O)N[C@@H](CC(C)C)C(=O)[C@@]1(C)CO1. The molecule has 0 aliphatic carbocycles. The van der Waals surface area contributed by atoms with E-state index in [1.165, 1.54) is 0 Å². The molecule has 0 radical (unpaired) electrons. The number of aliphatic hydroxyl groups is 2. The van der Waals surface area contributed by atoms with E-state index in [9.17, 15) is 24.6 Å². The molecule has 1 aliphatic heterocycles. The summed E-state index contributed by atoms with van der Waals surface area (Å²) in [6.07, 6.45) is -1.04. The normalized spacial score (nSPS) is 21.1. The van der Waals surface area contributed by atoms with Gasteiger partial charge in [0.2, 0.25) is 11.8 Å². The van der Waals surface area contributed by atoms with Gasteiger partial charge in [-0.25, -0.2) is 0 Å². The number of amides is 2. The maximum Gasteiger partial charge on any atom is 0.249 e. The molecule has 208 valence electrons. The third-order valence-electron chi connectivity index (χ3n) is 6.53. The van der Waals surface area contributed by atoms with Gasteiger partial charge in [0.15, 0.2) is 5.78 Å². The van der Waals surface area contributed by atoms with Crippen LogP contribution in [0.25, 0.3) is 0 Å². The fraction of sp³-hybridized carbons (Fsp3) is 0.679. The molecule has 37 heavy (non-hydrogen) atoms.